The Morgan fingerprint density at radius 3 is 2.36 bits per heavy atom. The van der Waals surface area contributed by atoms with E-state index in [2.05, 4.69) is 0 Å². The van der Waals surface area contributed by atoms with E-state index in [1.165, 1.54) is 17.0 Å². The van der Waals surface area contributed by atoms with Crippen LogP contribution in [0, 0.1) is 6.92 Å². The number of nitrogens with zero attached hydrogens (tertiary/aromatic N) is 1. The average Bonchev–Trinajstić information content (AvgIpc) is 3.02. The summed E-state index contributed by atoms with van der Waals surface area (Å²) in [5.41, 5.74) is 2.10. The third-order valence-corrected chi connectivity index (χ3v) is 5.13. The van der Waals surface area contributed by atoms with Crippen molar-refractivity contribution in [3.8, 4) is 0 Å². The highest BCUT2D eigenvalue weighted by molar-refractivity contribution is 6.06. The van der Waals surface area contributed by atoms with E-state index >= 15 is 0 Å². The predicted octanol–water partition coefficient (Wildman–Crippen LogP) is 4.35. The summed E-state index contributed by atoms with van der Waals surface area (Å²) < 4.78 is 43.7. The molecule has 28 heavy (non-hydrogen) atoms. The van der Waals surface area contributed by atoms with Crippen molar-refractivity contribution in [3.63, 3.8) is 0 Å². The smallest absolute Gasteiger partial charge is 0.416 e. The Hall–Kier alpha value is -3.09. The highest BCUT2D eigenvalue weighted by Crippen LogP contribution is 2.43. The quantitative estimate of drug-likeness (QED) is 0.720. The molecule has 4 nitrogen and oxygen atoms in total. The number of aryl methyl sites for hydroxylation is 1. The zero-order valence-electron chi connectivity index (χ0n) is 14.9. The second kappa shape index (κ2) is 6.51. The second-order valence-electron chi connectivity index (χ2n) is 6.82. The standard InChI is InChI=1S/C21H16F3NO3/c1-12-4-2-3-5-15(12)16-10-18(26)25(17-11-28-20(27)19(16)17)14-8-6-13(7-9-14)21(22,23)24/h2-9,16H,10-11H2,1H3. The van der Waals surface area contributed by atoms with Gasteiger partial charge >= 0.3 is 12.1 Å². The van der Waals surface area contributed by atoms with Crippen LogP contribution in [0.15, 0.2) is 59.8 Å². The lowest BCUT2D eigenvalue weighted by molar-refractivity contribution is -0.138. The molecule has 1 atom stereocenters. The van der Waals surface area contributed by atoms with Gasteiger partial charge in [0, 0.05) is 18.0 Å². The van der Waals surface area contributed by atoms with E-state index in [1.807, 2.05) is 31.2 Å². The molecule has 0 saturated carbocycles. The van der Waals surface area contributed by atoms with Gasteiger partial charge in [-0.1, -0.05) is 24.3 Å². The molecule has 144 valence electrons. The molecule has 0 radical (unpaired) electrons. The maximum absolute atomic E-state index is 12.9. The number of ether oxygens (including phenoxy) is 1. The van der Waals surface area contributed by atoms with E-state index in [-0.39, 0.29) is 24.6 Å². The first-order valence-corrected chi connectivity index (χ1v) is 8.73. The van der Waals surface area contributed by atoms with Gasteiger partial charge in [-0.25, -0.2) is 4.79 Å². The maximum atomic E-state index is 12.9. The van der Waals surface area contributed by atoms with Gasteiger partial charge in [0.2, 0.25) is 5.91 Å². The minimum absolute atomic E-state index is 0.0415. The van der Waals surface area contributed by atoms with E-state index in [1.54, 1.807) is 0 Å². The Kier molecular flexibility index (Phi) is 4.25. The molecule has 0 bridgehead atoms. The van der Waals surface area contributed by atoms with Crippen molar-refractivity contribution in [2.75, 3.05) is 11.5 Å². The molecule has 0 saturated heterocycles. The van der Waals surface area contributed by atoms with Gasteiger partial charge in [0.05, 0.1) is 16.8 Å². The fraction of sp³-hybridized carbons (Fsp3) is 0.238. The number of carbonyl (C=O) groups excluding carboxylic acids is 2. The number of anilines is 1. The summed E-state index contributed by atoms with van der Waals surface area (Å²) in [6, 6.07) is 11.8. The molecule has 0 aromatic heterocycles. The van der Waals surface area contributed by atoms with Crippen molar-refractivity contribution >= 4 is 17.6 Å². The first-order valence-electron chi connectivity index (χ1n) is 8.73. The molecule has 2 aromatic carbocycles. The van der Waals surface area contributed by atoms with Gasteiger partial charge < -0.3 is 4.74 Å². The predicted molar refractivity (Wildman–Crippen MR) is 95.5 cm³/mol. The molecule has 0 N–H and O–H groups in total. The van der Waals surface area contributed by atoms with Crippen molar-refractivity contribution in [2.24, 2.45) is 0 Å². The highest BCUT2D eigenvalue weighted by Gasteiger charge is 2.43. The summed E-state index contributed by atoms with van der Waals surface area (Å²) in [7, 11) is 0. The first-order chi connectivity index (χ1) is 13.3. The van der Waals surface area contributed by atoms with E-state index in [0.29, 0.717) is 11.3 Å². The Bertz CT molecular complexity index is 993. The number of carbonyl (C=O) groups is 2. The Labute approximate surface area is 159 Å². The number of esters is 1. The Balaban J connectivity index is 1.79. The zero-order chi connectivity index (χ0) is 20.1. The van der Waals surface area contributed by atoms with Crippen LogP contribution in [0.25, 0.3) is 0 Å². The lowest BCUT2D eigenvalue weighted by Gasteiger charge is -2.32. The van der Waals surface area contributed by atoms with Crippen LogP contribution in [0.2, 0.25) is 0 Å². The molecule has 2 heterocycles. The van der Waals surface area contributed by atoms with E-state index in [4.69, 9.17) is 4.74 Å². The summed E-state index contributed by atoms with van der Waals surface area (Å²) in [5.74, 6) is -1.21. The molecule has 4 rings (SSSR count). The number of halogens is 3. The maximum Gasteiger partial charge on any atom is 0.416 e. The minimum atomic E-state index is -4.46. The molecule has 2 aliphatic heterocycles. The lowest BCUT2D eigenvalue weighted by Crippen LogP contribution is -2.37. The van der Waals surface area contributed by atoms with Crippen molar-refractivity contribution in [3.05, 3.63) is 76.5 Å². The normalized spacial score (nSPS) is 19.7. The molecule has 0 aliphatic carbocycles. The molecular weight excluding hydrogens is 371 g/mol. The number of rotatable bonds is 2. The van der Waals surface area contributed by atoms with Gasteiger partial charge in [-0.15, -0.1) is 0 Å². The van der Waals surface area contributed by atoms with Crippen LogP contribution in [-0.2, 0) is 20.5 Å². The largest absolute Gasteiger partial charge is 0.456 e. The first kappa shape index (κ1) is 18.3. The fourth-order valence-electron chi connectivity index (χ4n) is 3.80. The van der Waals surface area contributed by atoms with Gasteiger partial charge in [0.25, 0.3) is 0 Å². The van der Waals surface area contributed by atoms with Crippen molar-refractivity contribution in [2.45, 2.75) is 25.4 Å². The molecule has 1 amide bonds. The van der Waals surface area contributed by atoms with E-state index in [9.17, 15) is 22.8 Å². The topological polar surface area (TPSA) is 46.6 Å². The minimum Gasteiger partial charge on any atom is -0.456 e. The third kappa shape index (κ3) is 2.96. The summed E-state index contributed by atoms with van der Waals surface area (Å²) in [5, 5.41) is 0. The van der Waals surface area contributed by atoms with Crippen LogP contribution in [0.1, 0.15) is 29.0 Å². The summed E-state index contributed by atoms with van der Waals surface area (Å²) >= 11 is 0. The summed E-state index contributed by atoms with van der Waals surface area (Å²) in [4.78, 5) is 26.6. The number of alkyl halides is 3. The highest BCUT2D eigenvalue weighted by atomic mass is 19.4. The number of cyclic esters (lactones) is 1. The van der Waals surface area contributed by atoms with Gasteiger partial charge in [-0.2, -0.15) is 13.2 Å². The second-order valence-corrected chi connectivity index (χ2v) is 6.82. The average molecular weight is 387 g/mol. The fourth-order valence-corrected chi connectivity index (χ4v) is 3.80. The lowest BCUT2D eigenvalue weighted by atomic mass is 9.82. The van der Waals surface area contributed by atoms with E-state index < -0.39 is 23.6 Å². The Morgan fingerprint density at radius 1 is 1.04 bits per heavy atom. The van der Waals surface area contributed by atoms with Gasteiger partial charge in [0.15, 0.2) is 0 Å². The van der Waals surface area contributed by atoms with Crippen molar-refractivity contribution in [1.29, 1.82) is 0 Å². The number of hydrogen-bond acceptors (Lipinski definition) is 3. The summed E-state index contributed by atoms with van der Waals surface area (Å²) in [6.07, 6.45) is -4.42. The third-order valence-electron chi connectivity index (χ3n) is 5.13. The van der Waals surface area contributed by atoms with Crippen LogP contribution in [0.4, 0.5) is 18.9 Å². The van der Waals surface area contributed by atoms with Gasteiger partial charge in [-0.05, 0) is 42.3 Å². The number of benzene rings is 2. The molecule has 0 fully saturated rings. The molecule has 0 spiro atoms. The van der Waals surface area contributed by atoms with Gasteiger partial charge in [-0.3, -0.25) is 9.69 Å². The zero-order valence-corrected chi connectivity index (χ0v) is 14.9. The number of hydrogen-bond donors (Lipinski definition) is 0. The number of amides is 1. The van der Waals surface area contributed by atoms with Crippen LogP contribution in [0.3, 0.4) is 0 Å². The van der Waals surface area contributed by atoms with Crippen LogP contribution >= 0.6 is 0 Å². The van der Waals surface area contributed by atoms with Crippen LogP contribution < -0.4 is 4.90 Å². The molecular formula is C21H16F3NO3. The SMILES string of the molecule is Cc1ccccc1C1CC(=O)N(c2ccc(C(F)(F)F)cc2)C2=C1C(=O)OC2. The molecule has 1 unspecified atom stereocenters. The Morgan fingerprint density at radius 2 is 1.71 bits per heavy atom. The van der Waals surface area contributed by atoms with E-state index in [0.717, 1.165) is 23.3 Å². The molecule has 7 heteroatoms. The summed E-state index contributed by atoms with van der Waals surface area (Å²) in [6.45, 7) is 1.83. The van der Waals surface area contributed by atoms with Gasteiger partial charge in [0.1, 0.15) is 6.61 Å². The van der Waals surface area contributed by atoms with Crippen LogP contribution in [-0.4, -0.2) is 18.5 Å². The molecule has 2 aliphatic rings. The van der Waals surface area contributed by atoms with Crippen LogP contribution in [0.5, 0.6) is 0 Å². The van der Waals surface area contributed by atoms with Crippen molar-refractivity contribution < 1.29 is 27.5 Å². The molecule has 2 aromatic rings. The monoisotopic (exact) mass is 387 g/mol. The van der Waals surface area contributed by atoms with Crippen molar-refractivity contribution in [1.82, 2.24) is 0 Å².